The van der Waals surface area contributed by atoms with Crippen molar-refractivity contribution >= 4 is 11.6 Å². The van der Waals surface area contributed by atoms with E-state index in [1.807, 2.05) is 28.0 Å². The molecule has 2 aliphatic rings. The highest BCUT2D eigenvalue weighted by Gasteiger charge is 2.34. The molecule has 1 aromatic rings. The normalized spacial score (nSPS) is 19.9. The van der Waals surface area contributed by atoms with E-state index in [-0.39, 0.29) is 12.5 Å². The topological polar surface area (TPSA) is 73.2 Å². The minimum Gasteiger partial charge on any atom is -0.497 e. The molecule has 6 heteroatoms. The second-order valence-electron chi connectivity index (χ2n) is 6.28. The fraction of sp³-hybridized carbons (Fsp3) is 0.588. The number of methoxy groups -OCH3 is 1. The lowest BCUT2D eigenvalue weighted by Crippen LogP contribution is -2.42. The van der Waals surface area contributed by atoms with Gasteiger partial charge in [0.1, 0.15) is 5.75 Å². The van der Waals surface area contributed by atoms with Crippen LogP contribution in [-0.4, -0.2) is 60.0 Å². The number of aliphatic hydroxyl groups excluding tert-OH is 2. The zero-order valence-corrected chi connectivity index (χ0v) is 13.4. The largest absolute Gasteiger partial charge is 0.497 e. The highest BCUT2D eigenvalue weighted by Crippen LogP contribution is 2.34. The SMILES string of the molecule is COc1ccc2c(c1)CN(C1CC1)C(=O)CCN2C[C@@H](O)CO. The molecule has 6 nitrogen and oxygen atoms in total. The lowest BCUT2D eigenvalue weighted by Gasteiger charge is -2.34. The van der Waals surface area contributed by atoms with Gasteiger partial charge in [0.15, 0.2) is 0 Å². The number of nitrogens with zero attached hydrogens (tertiary/aromatic N) is 2. The van der Waals surface area contributed by atoms with E-state index in [9.17, 15) is 9.90 Å². The summed E-state index contributed by atoms with van der Waals surface area (Å²) in [7, 11) is 1.63. The number of amides is 1. The van der Waals surface area contributed by atoms with E-state index in [1.54, 1.807) is 7.11 Å². The number of carbonyl (C=O) groups is 1. The Morgan fingerprint density at radius 2 is 2.17 bits per heavy atom. The number of fused-ring (bicyclic) bond motifs is 1. The zero-order chi connectivity index (χ0) is 16.4. The Balaban J connectivity index is 1.93. The number of ether oxygens (including phenoxy) is 1. The van der Waals surface area contributed by atoms with E-state index < -0.39 is 6.10 Å². The molecule has 126 valence electrons. The van der Waals surface area contributed by atoms with Gasteiger partial charge in [-0.25, -0.2) is 0 Å². The third-order valence-corrected chi connectivity index (χ3v) is 4.51. The maximum Gasteiger partial charge on any atom is 0.224 e. The average Bonchev–Trinajstić information content (AvgIpc) is 3.39. The number of carbonyl (C=O) groups excluding carboxylic acids is 1. The number of aliphatic hydroxyl groups is 2. The Bertz CT molecular complexity index is 574. The average molecular weight is 320 g/mol. The molecule has 1 heterocycles. The van der Waals surface area contributed by atoms with Crippen LogP contribution in [0.15, 0.2) is 18.2 Å². The van der Waals surface area contributed by atoms with Crippen molar-refractivity contribution in [3.05, 3.63) is 23.8 Å². The van der Waals surface area contributed by atoms with Gasteiger partial charge in [0.05, 0.1) is 19.8 Å². The van der Waals surface area contributed by atoms with Crippen molar-refractivity contribution < 1.29 is 19.7 Å². The van der Waals surface area contributed by atoms with Gasteiger partial charge in [-0.3, -0.25) is 4.79 Å². The van der Waals surface area contributed by atoms with Gasteiger partial charge >= 0.3 is 0 Å². The van der Waals surface area contributed by atoms with Crippen LogP contribution in [-0.2, 0) is 11.3 Å². The van der Waals surface area contributed by atoms with Crippen LogP contribution in [0.4, 0.5) is 5.69 Å². The fourth-order valence-electron chi connectivity index (χ4n) is 3.11. The van der Waals surface area contributed by atoms with E-state index >= 15 is 0 Å². The van der Waals surface area contributed by atoms with Gasteiger partial charge < -0.3 is 24.7 Å². The number of hydrogen-bond donors (Lipinski definition) is 2. The summed E-state index contributed by atoms with van der Waals surface area (Å²) in [5.74, 6) is 0.916. The van der Waals surface area contributed by atoms with E-state index in [1.165, 1.54) is 0 Å². The van der Waals surface area contributed by atoms with Gasteiger partial charge in [0, 0.05) is 37.8 Å². The molecule has 23 heavy (non-hydrogen) atoms. The van der Waals surface area contributed by atoms with Crippen LogP contribution < -0.4 is 9.64 Å². The Labute approximate surface area is 136 Å². The Kier molecular flexibility index (Phi) is 4.73. The predicted molar refractivity (Wildman–Crippen MR) is 86.5 cm³/mol. The maximum absolute atomic E-state index is 12.5. The summed E-state index contributed by atoms with van der Waals surface area (Å²) in [6.07, 6.45) is 1.77. The Hall–Kier alpha value is -1.79. The van der Waals surface area contributed by atoms with E-state index in [0.29, 0.717) is 32.1 Å². The van der Waals surface area contributed by atoms with Crippen LogP contribution >= 0.6 is 0 Å². The van der Waals surface area contributed by atoms with Crippen molar-refractivity contribution in [3.8, 4) is 5.75 Å². The molecule has 0 spiro atoms. The van der Waals surface area contributed by atoms with Crippen LogP contribution in [0.1, 0.15) is 24.8 Å². The van der Waals surface area contributed by atoms with Crippen LogP contribution in [0, 0.1) is 0 Å². The first-order valence-electron chi connectivity index (χ1n) is 8.12. The standard InChI is InChI=1S/C17H24N2O4/c1-23-15-4-5-16-12(8-15)9-19(13-2-3-13)17(22)6-7-18(16)10-14(21)11-20/h4-5,8,13-14,20-21H,2-3,6-7,9-11H2,1H3/t14-/m1/s1. The van der Waals surface area contributed by atoms with Crippen molar-refractivity contribution in [1.82, 2.24) is 4.90 Å². The summed E-state index contributed by atoms with van der Waals surface area (Å²) in [5, 5.41) is 18.9. The fourth-order valence-corrected chi connectivity index (χ4v) is 3.11. The van der Waals surface area contributed by atoms with Gasteiger partial charge in [0.2, 0.25) is 5.91 Å². The number of hydrogen-bond acceptors (Lipinski definition) is 5. The lowest BCUT2D eigenvalue weighted by molar-refractivity contribution is -0.132. The first-order chi connectivity index (χ1) is 11.1. The number of anilines is 1. The predicted octanol–water partition coefficient (Wildman–Crippen LogP) is 0.749. The molecule has 1 aliphatic carbocycles. The van der Waals surface area contributed by atoms with Crippen molar-refractivity contribution in [3.63, 3.8) is 0 Å². The summed E-state index contributed by atoms with van der Waals surface area (Å²) in [5.41, 5.74) is 2.02. The second-order valence-corrected chi connectivity index (χ2v) is 6.28. The van der Waals surface area contributed by atoms with Crippen molar-refractivity contribution in [2.75, 3.05) is 31.7 Å². The summed E-state index contributed by atoms with van der Waals surface area (Å²) in [6.45, 7) is 1.14. The van der Waals surface area contributed by atoms with Crippen LogP contribution in [0.2, 0.25) is 0 Å². The van der Waals surface area contributed by atoms with Crippen molar-refractivity contribution in [2.45, 2.75) is 38.0 Å². The smallest absolute Gasteiger partial charge is 0.224 e. The molecular weight excluding hydrogens is 296 g/mol. The van der Waals surface area contributed by atoms with Gasteiger partial charge in [-0.05, 0) is 36.6 Å². The minimum atomic E-state index is -0.820. The molecule has 0 saturated heterocycles. The summed E-state index contributed by atoms with van der Waals surface area (Å²) < 4.78 is 5.32. The van der Waals surface area contributed by atoms with Gasteiger partial charge in [-0.1, -0.05) is 0 Å². The zero-order valence-electron chi connectivity index (χ0n) is 13.4. The molecule has 1 amide bonds. The van der Waals surface area contributed by atoms with Crippen molar-refractivity contribution in [1.29, 1.82) is 0 Å². The summed E-state index contributed by atoms with van der Waals surface area (Å²) in [4.78, 5) is 16.4. The van der Waals surface area contributed by atoms with Gasteiger partial charge in [-0.2, -0.15) is 0 Å². The molecule has 1 fully saturated rings. The first kappa shape index (κ1) is 16.1. The van der Waals surface area contributed by atoms with E-state index in [2.05, 4.69) is 0 Å². The van der Waals surface area contributed by atoms with Crippen LogP contribution in [0.3, 0.4) is 0 Å². The molecule has 1 aliphatic heterocycles. The molecule has 1 atom stereocenters. The summed E-state index contributed by atoms with van der Waals surface area (Å²) in [6, 6.07) is 6.19. The highest BCUT2D eigenvalue weighted by atomic mass is 16.5. The molecule has 1 aromatic carbocycles. The molecule has 0 aromatic heterocycles. The molecular formula is C17H24N2O4. The minimum absolute atomic E-state index is 0.157. The van der Waals surface area contributed by atoms with Crippen LogP contribution in [0.25, 0.3) is 0 Å². The number of rotatable bonds is 5. The quantitative estimate of drug-likeness (QED) is 0.837. The molecule has 1 saturated carbocycles. The van der Waals surface area contributed by atoms with Gasteiger partial charge in [-0.15, -0.1) is 0 Å². The Morgan fingerprint density at radius 1 is 1.39 bits per heavy atom. The Morgan fingerprint density at radius 3 is 2.83 bits per heavy atom. The third kappa shape index (κ3) is 3.59. The second kappa shape index (κ2) is 6.76. The van der Waals surface area contributed by atoms with Crippen molar-refractivity contribution in [2.24, 2.45) is 0 Å². The first-order valence-corrected chi connectivity index (χ1v) is 8.12. The molecule has 0 radical (unpaired) electrons. The van der Waals surface area contributed by atoms with Gasteiger partial charge in [0.25, 0.3) is 0 Å². The van der Waals surface area contributed by atoms with Crippen LogP contribution in [0.5, 0.6) is 5.75 Å². The molecule has 0 unspecified atom stereocenters. The highest BCUT2D eigenvalue weighted by molar-refractivity contribution is 5.78. The van der Waals surface area contributed by atoms with E-state index in [4.69, 9.17) is 9.84 Å². The maximum atomic E-state index is 12.5. The number of β-amino-alcohol motifs (C(OH)–C–C–N with tert-alkyl or cyclic N) is 1. The molecule has 3 rings (SSSR count). The lowest BCUT2D eigenvalue weighted by atomic mass is 10.1. The number of benzene rings is 1. The van der Waals surface area contributed by atoms with E-state index in [0.717, 1.165) is 29.8 Å². The summed E-state index contributed by atoms with van der Waals surface area (Å²) >= 11 is 0. The molecule has 0 bridgehead atoms. The molecule has 2 N–H and O–H groups in total. The third-order valence-electron chi connectivity index (χ3n) is 4.51. The monoisotopic (exact) mass is 320 g/mol.